The molecule has 1 aliphatic rings. The zero-order valence-electron chi connectivity index (χ0n) is 19.1. The van der Waals surface area contributed by atoms with Gasteiger partial charge in [0.15, 0.2) is 5.96 Å². The third kappa shape index (κ3) is 8.93. The number of nitrogens with one attached hydrogen (secondary N) is 2. The molecule has 0 amide bonds. The maximum absolute atomic E-state index is 6.10. The van der Waals surface area contributed by atoms with Gasteiger partial charge in [-0.15, -0.1) is 24.0 Å². The summed E-state index contributed by atoms with van der Waals surface area (Å²) in [6, 6.07) is 3.90. The van der Waals surface area contributed by atoms with Crippen LogP contribution in [0.2, 0.25) is 0 Å². The Labute approximate surface area is 198 Å². The van der Waals surface area contributed by atoms with Gasteiger partial charge in [0.25, 0.3) is 0 Å². The molecule has 1 aliphatic heterocycles. The lowest BCUT2D eigenvalue weighted by Crippen LogP contribution is -2.47. The number of hydrogen-bond donors (Lipinski definition) is 2. The Balaban J connectivity index is 0.00000450. The van der Waals surface area contributed by atoms with Crippen molar-refractivity contribution < 1.29 is 14.2 Å². The molecule has 0 aromatic carbocycles. The van der Waals surface area contributed by atoms with Gasteiger partial charge in [-0.25, -0.2) is 9.98 Å². The Morgan fingerprint density at radius 2 is 2.10 bits per heavy atom. The number of pyridine rings is 1. The van der Waals surface area contributed by atoms with E-state index in [0.717, 1.165) is 37.6 Å². The molecular formula is C22H39IN4O3. The van der Waals surface area contributed by atoms with E-state index >= 15 is 0 Å². The third-order valence-corrected chi connectivity index (χ3v) is 4.96. The number of aliphatic imine (C=N–C) groups is 1. The molecule has 0 aliphatic carbocycles. The minimum atomic E-state index is 0. The Morgan fingerprint density at radius 1 is 1.30 bits per heavy atom. The van der Waals surface area contributed by atoms with Crippen molar-refractivity contribution in [3.8, 4) is 5.88 Å². The molecule has 8 heteroatoms. The Morgan fingerprint density at radius 3 is 2.80 bits per heavy atom. The normalized spacial score (nSPS) is 19.7. The molecule has 2 atom stereocenters. The molecule has 2 unspecified atom stereocenters. The lowest BCUT2D eigenvalue weighted by molar-refractivity contribution is -0.0835. The van der Waals surface area contributed by atoms with Crippen LogP contribution in [0.4, 0.5) is 0 Å². The van der Waals surface area contributed by atoms with Crippen LogP contribution in [-0.2, 0) is 16.0 Å². The van der Waals surface area contributed by atoms with Gasteiger partial charge >= 0.3 is 0 Å². The third-order valence-electron chi connectivity index (χ3n) is 4.96. The van der Waals surface area contributed by atoms with Gasteiger partial charge < -0.3 is 24.8 Å². The second-order valence-corrected chi connectivity index (χ2v) is 8.44. The van der Waals surface area contributed by atoms with Crippen LogP contribution >= 0.6 is 24.0 Å². The van der Waals surface area contributed by atoms with Crippen LogP contribution in [0.1, 0.15) is 46.1 Å². The summed E-state index contributed by atoms with van der Waals surface area (Å²) in [5.41, 5.74) is 1.08. The number of halogens is 1. The zero-order chi connectivity index (χ0) is 21.1. The van der Waals surface area contributed by atoms with Gasteiger partial charge in [0.05, 0.1) is 19.3 Å². The molecule has 1 aromatic rings. The van der Waals surface area contributed by atoms with E-state index in [1.807, 2.05) is 12.1 Å². The lowest BCUT2D eigenvalue weighted by Gasteiger charge is -2.40. The van der Waals surface area contributed by atoms with Gasteiger partial charge in [-0.2, -0.15) is 0 Å². The molecule has 0 spiro atoms. The smallest absolute Gasteiger partial charge is 0.218 e. The van der Waals surface area contributed by atoms with E-state index in [1.54, 1.807) is 13.3 Å². The van der Waals surface area contributed by atoms with E-state index in [1.165, 1.54) is 6.42 Å². The van der Waals surface area contributed by atoms with E-state index in [2.05, 4.69) is 43.3 Å². The van der Waals surface area contributed by atoms with Crippen molar-refractivity contribution in [2.45, 2.75) is 53.2 Å². The van der Waals surface area contributed by atoms with E-state index in [-0.39, 0.29) is 35.5 Å². The summed E-state index contributed by atoms with van der Waals surface area (Å²) in [6.07, 6.45) is 4.28. The quantitative estimate of drug-likeness (QED) is 0.218. The molecule has 30 heavy (non-hydrogen) atoms. The SMILES string of the molecule is CCNC(=NCc1cccnc1OCCOC)NCC1CCCOC1C(C)(C)C.I. The van der Waals surface area contributed by atoms with Crippen LogP contribution in [-0.4, -0.2) is 57.1 Å². The molecule has 2 rings (SSSR count). The standard InChI is InChI=1S/C22H38N4O3.HI/c1-6-23-21(25-15-17-10-8-12-28-19(17)22(2,3)4)26-16-18-9-7-11-24-20(18)29-14-13-27-5;/h7,9,11,17,19H,6,8,10,12-16H2,1-5H3,(H2,23,25,26);1H. The van der Waals surface area contributed by atoms with Crippen molar-refractivity contribution >= 4 is 29.9 Å². The van der Waals surface area contributed by atoms with E-state index in [0.29, 0.717) is 31.6 Å². The summed E-state index contributed by atoms with van der Waals surface area (Å²) in [5, 5.41) is 6.85. The predicted octanol–water partition coefficient (Wildman–Crippen LogP) is 3.62. The summed E-state index contributed by atoms with van der Waals surface area (Å²) in [6.45, 7) is 12.8. The van der Waals surface area contributed by atoms with Crippen LogP contribution in [0.5, 0.6) is 5.88 Å². The highest BCUT2D eigenvalue weighted by atomic mass is 127. The van der Waals surface area contributed by atoms with Gasteiger partial charge in [-0.1, -0.05) is 26.8 Å². The van der Waals surface area contributed by atoms with Crippen LogP contribution in [0.25, 0.3) is 0 Å². The topological polar surface area (TPSA) is 77.0 Å². The van der Waals surface area contributed by atoms with Gasteiger partial charge in [0.1, 0.15) is 6.61 Å². The van der Waals surface area contributed by atoms with Gasteiger partial charge in [-0.05, 0) is 31.2 Å². The highest BCUT2D eigenvalue weighted by Crippen LogP contribution is 2.33. The second-order valence-electron chi connectivity index (χ2n) is 8.44. The summed E-state index contributed by atoms with van der Waals surface area (Å²) < 4.78 is 16.9. The van der Waals surface area contributed by atoms with Gasteiger partial charge in [0, 0.05) is 44.5 Å². The highest BCUT2D eigenvalue weighted by Gasteiger charge is 2.35. The largest absolute Gasteiger partial charge is 0.475 e. The molecule has 1 saturated heterocycles. The molecule has 0 saturated carbocycles. The summed E-state index contributed by atoms with van der Waals surface area (Å²) in [7, 11) is 1.66. The van der Waals surface area contributed by atoms with Crippen molar-refractivity contribution in [2.24, 2.45) is 16.3 Å². The minimum absolute atomic E-state index is 0. The van der Waals surface area contributed by atoms with E-state index < -0.39 is 0 Å². The van der Waals surface area contributed by atoms with Crippen molar-refractivity contribution in [3.63, 3.8) is 0 Å². The predicted molar refractivity (Wildman–Crippen MR) is 132 cm³/mol. The summed E-state index contributed by atoms with van der Waals surface area (Å²) >= 11 is 0. The molecule has 1 fully saturated rings. The molecule has 2 N–H and O–H groups in total. The number of ether oxygens (including phenoxy) is 3. The molecule has 172 valence electrons. The first kappa shape index (κ1) is 26.9. The minimum Gasteiger partial charge on any atom is -0.475 e. The summed E-state index contributed by atoms with van der Waals surface area (Å²) in [5.74, 6) is 1.88. The van der Waals surface area contributed by atoms with Crippen molar-refractivity contribution in [1.29, 1.82) is 0 Å². The number of aromatic nitrogens is 1. The first-order valence-corrected chi connectivity index (χ1v) is 10.6. The average Bonchev–Trinajstić information content (AvgIpc) is 2.70. The fourth-order valence-electron chi connectivity index (χ4n) is 3.64. The van der Waals surface area contributed by atoms with Crippen molar-refractivity contribution in [1.82, 2.24) is 15.6 Å². The Hall–Kier alpha value is -1.13. The Kier molecular flexibility index (Phi) is 12.6. The first-order valence-electron chi connectivity index (χ1n) is 10.6. The van der Waals surface area contributed by atoms with Crippen molar-refractivity contribution in [3.05, 3.63) is 23.9 Å². The maximum Gasteiger partial charge on any atom is 0.218 e. The number of rotatable bonds is 9. The molecule has 0 radical (unpaired) electrons. The maximum atomic E-state index is 6.10. The first-order chi connectivity index (χ1) is 14.0. The molecule has 1 aromatic heterocycles. The average molecular weight is 534 g/mol. The lowest BCUT2D eigenvalue weighted by atomic mass is 9.78. The number of methoxy groups -OCH3 is 1. The Bertz CT molecular complexity index is 637. The van der Waals surface area contributed by atoms with E-state index in [9.17, 15) is 0 Å². The second kappa shape index (κ2) is 14.0. The van der Waals surface area contributed by atoms with Crippen LogP contribution in [0.3, 0.4) is 0 Å². The monoisotopic (exact) mass is 534 g/mol. The van der Waals surface area contributed by atoms with Gasteiger partial charge in [0.2, 0.25) is 5.88 Å². The summed E-state index contributed by atoms with van der Waals surface area (Å²) in [4.78, 5) is 9.07. The van der Waals surface area contributed by atoms with Crippen LogP contribution in [0.15, 0.2) is 23.3 Å². The van der Waals surface area contributed by atoms with Crippen molar-refractivity contribution in [2.75, 3.05) is 40.0 Å². The molecule has 2 heterocycles. The molecule has 7 nitrogen and oxygen atoms in total. The van der Waals surface area contributed by atoms with Crippen LogP contribution < -0.4 is 15.4 Å². The zero-order valence-corrected chi connectivity index (χ0v) is 21.4. The van der Waals surface area contributed by atoms with Crippen LogP contribution in [0, 0.1) is 11.3 Å². The fourth-order valence-corrected chi connectivity index (χ4v) is 3.64. The number of nitrogens with zero attached hydrogens (tertiary/aromatic N) is 2. The molecule has 0 bridgehead atoms. The molecular weight excluding hydrogens is 495 g/mol. The number of hydrogen-bond acceptors (Lipinski definition) is 5. The fraction of sp³-hybridized carbons (Fsp3) is 0.727. The number of guanidine groups is 1. The highest BCUT2D eigenvalue weighted by molar-refractivity contribution is 14.0. The van der Waals surface area contributed by atoms with E-state index in [4.69, 9.17) is 19.2 Å². The van der Waals surface area contributed by atoms with Gasteiger partial charge in [-0.3, -0.25) is 0 Å².